The van der Waals surface area contributed by atoms with E-state index in [9.17, 15) is 13.2 Å². The number of aryl methyl sites for hydroxylation is 1. The molecule has 0 spiro atoms. The van der Waals surface area contributed by atoms with Gasteiger partial charge in [-0.2, -0.15) is 0 Å². The summed E-state index contributed by atoms with van der Waals surface area (Å²) in [5.74, 6) is 0. The summed E-state index contributed by atoms with van der Waals surface area (Å²) in [5, 5.41) is 4.37. The van der Waals surface area contributed by atoms with Crippen molar-refractivity contribution >= 4 is 20.8 Å². The Morgan fingerprint density at radius 3 is 2.88 bits per heavy atom. The number of hydrogen-bond donors (Lipinski definition) is 2. The molecule has 1 unspecified atom stereocenters. The van der Waals surface area contributed by atoms with Gasteiger partial charge in [-0.3, -0.25) is 4.79 Å². The van der Waals surface area contributed by atoms with Crippen LogP contribution in [0.1, 0.15) is 19.3 Å². The third kappa shape index (κ3) is 3.85. The monoisotopic (exact) mass is 349 g/mol. The van der Waals surface area contributed by atoms with Gasteiger partial charge in [0.25, 0.3) is 5.56 Å². The maximum absolute atomic E-state index is 12.4. The van der Waals surface area contributed by atoms with Crippen molar-refractivity contribution in [2.24, 2.45) is 0 Å². The van der Waals surface area contributed by atoms with Gasteiger partial charge in [-0.05, 0) is 43.3 Å². The van der Waals surface area contributed by atoms with Crippen LogP contribution in [-0.2, 0) is 16.6 Å². The van der Waals surface area contributed by atoms with E-state index in [0.717, 1.165) is 18.4 Å². The van der Waals surface area contributed by atoms with Crippen molar-refractivity contribution in [2.75, 3.05) is 19.6 Å². The van der Waals surface area contributed by atoms with E-state index < -0.39 is 10.0 Å². The number of rotatable bonds is 6. The number of nitrogens with zero attached hydrogens (tertiary/aromatic N) is 1. The molecule has 130 valence electrons. The number of fused-ring (bicyclic) bond motifs is 1. The fraction of sp³-hybridized carbons (Fsp3) is 0.471. The summed E-state index contributed by atoms with van der Waals surface area (Å²) < 4.78 is 28.7. The molecule has 7 heteroatoms. The van der Waals surface area contributed by atoms with Crippen LogP contribution in [0.25, 0.3) is 10.8 Å². The van der Waals surface area contributed by atoms with Crippen molar-refractivity contribution in [3.63, 3.8) is 0 Å². The SMILES string of the molecule is O=c1c2ccccc2ccn1CCCNS(=O)(=O)C1CCCNC1. The molecular formula is C17H23N3O3S. The molecule has 1 saturated heterocycles. The minimum atomic E-state index is -3.28. The second kappa shape index (κ2) is 7.46. The number of pyridine rings is 1. The molecule has 1 aromatic carbocycles. The molecule has 0 bridgehead atoms. The second-order valence-electron chi connectivity index (χ2n) is 6.16. The number of nitrogens with one attached hydrogen (secondary N) is 2. The number of piperidine rings is 1. The Morgan fingerprint density at radius 2 is 2.08 bits per heavy atom. The van der Waals surface area contributed by atoms with Crippen LogP contribution in [0.5, 0.6) is 0 Å². The van der Waals surface area contributed by atoms with E-state index in [-0.39, 0.29) is 10.8 Å². The summed E-state index contributed by atoms with van der Waals surface area (Å²) in [6, 6.07) is 9.39. The Labute approximate surface area is 141 Å². The Kier molecular flexibility index (Phi) is 5.33. The highest BCUT2D eigenvalue weighted by atomic mass is 32.2. The zero-order valence-corrected chi connectivity index (χ0v) is 14.4. The van der Waals surface area contributed by atoms with Crippen LogP contribution in [0.4, 0.5) is 0 Å². The Morgan fingerprint density at radius 1 is 1.25 bits per heavy atom. The van der Waals surface area contributed by atoms with Crippen LogP contribution in [0, 0.1) is 0 Å². The lowest BCUT2D eigenvalue weighted by Gasteiger charge is -2.23. The van der Waals surface area contributed by atoms with Gasteiger partial charge in [0, 0.05) is 31.2 Å². The van der Waals surface area contributed by atoms with Crippen molar-refractivity contribution < 1.29 is 8.42 Å². The molecule has 2 heterocycles. The Bertz CT molecular complexity index is 855. The summed E-state index contributed by atoms with van der Waals surface area (Å²) in [7, 11) is -3.28. The number of aromatic nitrogens is 1. The summed E-state index contributed by atoms with van der Waals surface area (Å²) in [6.45, 7) is 2.24. The zero-order valence-electron chi connectivity index (χ0n) is 13.6. The predicted octanol–water partition coefficient (Wildman–Crippen LogP) is 1.06. The molecule has 0 radical (unpaired) electrons. The summed E-state index contributed by atoms with van der Waals surface area (Å²) in [4.78, 5) is 12.4. The van der Waals surface area contributed by atoms with Crippen LogP contribution in [-0.4, -0.2) is 37.9 Å². The first-order valence-corrected chi connectivity index (χ1v) is 9.90. The van der Waals surface area contributed by atoms with Gasteiger partial charge in [0.05, 0.1) is 5.25 Å². The van der Waals surface area contributed by atoms with Crippen LogP contribution in [0.2, 0.25) is 0 Å². The lowest BCUT2D eigenvalue weighted by atomic mass is 10.2. The summed E-state index contributed by atoms with van der Waals surface area (Å²) >= 11 is 0. The maximum Gasteiger partial charge on any atom is 0.258 e. The first-order chi connectivity index (χ1) is 11.6. The average Bonchev–Trinajstić information content (AvgIpc) is 2.61. The van der Waals surface area contributed by atoms with Gasteiger partial charge in [0.15, 0.2) is 0 Å². The third-order valence-electron chi connectivity index (χ3n) is 4.46. The molecule has 1 fully saturated rings. The molecule has 0 aliphatic carbocycles. The molecule has 2 aromatic rings. The largest absolute Gasteiger partial charge is 0.315 e. The highest BCUT2D eigenvalue weighted by Crippen LogP contribution is 2.11. The van der Waals surface area contributed by atoms with Gasteiger partial charge in [-0.25, -0.2) is 13.1 Å². The molecule has 1 atom stereocenters. The molecular weight excluding hydrogens is 326 g/mol. The summed E-state index contributed by atoms with van der Waals surface area (Å²) in [6.07, 6.45) is 3.94. The van der Waals surface area contributed by atoms with Crippen LogP contribution in [0.3, 0.4) is 0 Å². The zero-order chi connectivity index (χ0) is 17.0. The number of benzene rings is 1. The quantitative estimate of drug-likeness (QED) is 0.765. The lowest BCUT2D eigenvalue weighted by Crippen LogP contribution is -2.44. The van der Waals surface area contributed by atoms with E-state index >= 15 is 0 Å². The third-order valence-corrected chi connectivity index (χ3v) is 6.34. The number of sulfonamides is 1. The van der Waals surface area contributed by atoms with Gasteiger partial charge in [-0.15, -0.1) is 0 Å². The van der Waals surface area contributed by atoms with E-state index in [1.165, 1.54) is 0 Å². The molecule has 6 nitrogen and oxygen atoms in total. The molecule has 24 heavy (non-hydrogen) atoms. The van der Waals surface area contributed by atoms with Crippen molar-refractivity contribution in [3.8, 4) is 0 Å². The fourth-order valence-corrected chi connectivity index (χ4v) is 4.55. The van der Waals surface area contributed by atoms with Gasteiger partial charge < -0.3 is 9.88 Å². The van der Waals surface area contributed by atoms with Crippen LogP contribution in [0.15, 0.2) is 41.3 Å². The number of hydrogen-bond acceptors (Lipinski definition) is 4. The minimum absolute atomic E-state index is 0.0348. The molecule has 0 amide bonds. The minimum Gasteiger partial charge on any atom is -0.315 e. The van der Waals surface area contributed by atoms with Gasteiger partial charge in [-0.1, -0.05) is 18.2 Å². The Balaban J connectivity index is 1.57. The average molecular weight is 349 g/mol. The molecule has 1 aromatic heterocycles. The van der Waals surface area contributed by atoms with E-state index in [1.807, 2.05) is 30.3 Å². The fourth-order valence-electron chi connectivity index (χ4n) is 3.07. The van der Waals surface area contributed by atoms with E-state index in [0.29, 0.717) is 37.9 Å². The molecule has 2 N–H and O–H groups in total. The van der Waals surface area contributed by atoms with Gasteiger partial charge in [0.2, 0.25) is 10.0 Å². The van der Waals surface area contributed by atoms with Crippen LogP contribution >= 0.6 is 0 Å². The highest BCUT2D eigenvalue weighted by molar-refractivity contribution is 7.90. The lowest BCUT2D eigenvalue weighted by molar-refractivity contribution is 0.488. The standard InChI is InChI=1S/C17H23N3O3S/c21-17-16-7-2-1-5-14(16)8-12-20(17)11-4-10-19-24(22,23)15-6-3-9-18-13-15/h1-2,5,7-8,12,15,18-19H,3-4,6,9-11,13H2. The van der Waals surface area contributed by atoms with E-state index in [4.69, 9.17) is 0 Å². The molecule has 3 rings (SSSR count). The maximum atomic E-state index is 12.4. The van der Waals surface area contributed by atoms with Crippen molar-refractivity contribution in [3.05, 3.63) is 46.9 Å². The Hall–Kier alpha value is -1.70. The first kappa shape index (κ1) is 17.1. The summed E-state index contributed by atoms with van der Waals surface area (Å²) in [5.41, 5.74) is -0.0348. The first-order valence-electron chi connectivity index (χ1n) is 8.35. The van der Waals surface area contributed by atoms with Crippen molar-refractivity contribution in [1.82, 2.24) is 14.6 Å². The van der Waals surface area contributed by atoms with Gasteiger partial charge in [0.1, 0.15) is 0 Å². The second-order valence-corrected chi connectivity index (χ2v) is 8.21. The predicted molar refractivity (Wildman–Crippen MR) is 95.6 cm³/mol. The molecule has 1 aliphatic heterocycles. The van der Waals surface area contributed by atoms with E-state index in [1.54, 1.807) is 10.8 Å². The van der Waals surface area contributed by atoms with Crippen molar-refractivity contribution in [1.29, 1.82) is 0 Å². The van der Waals surface area contributed by atoms with Crippen molar-refractivity contribution in [2.45, 2.75) is 31.1 Å². The highest BCUT2D eigenvalue weighted by Gasteiger charge is 2.26. The normalized spacial score (nSPS) is 18.8. The molecule has 0 saturated carbocycles. The smallest absolute Gasteiger partial charge is 0.258 e. The van der Waals surface area contributed by atoms with Gasteiger partial charge >= 0.3 is 0 Å². The van der Waals surface area contributed by atoms with Crippen LogP contribution < -0.4 is 15.6 Å². The topological polar surface area (TPSA) is 80.2 Å². The molecule has 1 aliphatic rings. The van der Waals surface area contributed by atoms with E-state index in [2.05, 4.69) is 10.0 Å².